The fraction of sp³-hybridized carbons (Fsp3) is 0.364. The predicted octanol–water partition coefficient (Wildman–Crippen LogP) is 3.04. The highest BCUT2D eigenvalue weighted by Crippen LogP contribution is 2.33. The molecule has 0 unspecified atom stereocenters. The summed E-state index contributed by atoms with van der Waals surface area (Å²) in [6.07, 6.45) is 0.0509. The molecule has 1 rings (SSSR count). The van der Waals surface area contributed by atoms with Gasteiger partial charge in [0.05, 0.1) is 11.6 Å². The van der Waals surface area contributed by atoms with Gasteiger partial charge in [-0.3, -0.25) is 4.79 Å². The van der Waals surface area contributed by atoms with Crippen LogP contribution in [0.4, 0.5) is 4.39 Å². The second-order valence-corrected chi connectivity index (χ2v) is 4.23. The molecule has 15 heavy (non-hydrogen) atoms. The van der Waals surface area contributed by atoms with Crippen molar-refractivity contribution in [3.8, 4) is 5.75 Å². The molecule has 0 fully saturated rings. The zero-order chi connectivity index (χ0) is 11.6. The number of halogens is 2. The normalized spacial score (nSPS) is 10.2. The van der Waals surface area contributed by atoms with Gasteiger partial charge in [0.2, 0.25) is 0 Å². The molecule has 0 bridgehead atoms. The Morgan fingerprint density at radius 3 is 2.67 bits per heavy atom. The van der Waals surface area contributed by atoms with Gasteiger partial charge in [-0.1, -0.05) is 0 Å². The minimum atomic E-state index is -0.370. The predicted molar refractivity (Wildman–Crippen MR) is 59.8 cm³/mol. The summed E-state index contributed by atoms with van der Waals surface area (Å²) in [5, 5.41) is 0. The summed E-state index contributed by atoms with van der Waals surface area (Å²) in [5.41, 5.74) is 0.816. The number of Topliss-reactive ketones (excluding diaryl/α,β-unsaturated/α-hetero) is 1. The van der Waals surface area contributed by atoms with Crippen LogP contribution in [0.25, 0.3) is 0 Å². The maximum atomic E-state index is 13.7. The van der Waals surface area contributed by atoms with Crippen molar-refractivity contribution < 1.29 is 13.9 Å². The Kier molecular flexibility index (Phi) is 3.85. The Bertz CT molecular complexity index is 402. The zero-order valence-electron chi connectivity index (χ0n) is 8.86. The fourth-order valence-corrected chi connectivity index (χ4v) is 2.17. The van der Waals surface area contributed by atoms with E-state index >= 15 is 0 Å². The van der Waals surface area contributed by atoms with E-state index in [4.69, 9.17) is 4.74 Å². The number of ketones is 1. The lowest BCUT2D eigenvalue weighted by Crippen LogP contribution is -2.04. The van der Waals surface area contributed by atoms with Crippen LogP contribution in [0.1, 0.15) is 18.1 Å². The molecule has 0 N–H and O–H groups in total. The molecule has 4 heteroatoms. The first-order chi connectivity index (χ1) is 6.97. The van der Waals surface area contributed by atoms with Gasteiger partial charge in [0.25, 0.3) is 0 Å². The minimum Gasteiger partial charge on any atom is -0.495 e. The lowest BCUT2D eigenvalue weighted by atomic mass is 10.0. The van der Waals surface area contributed by atoms with Gasteiger partial charge in [-0.2, -0.15) is 0 Å². The average molecular weight is 275 g/mol. The SMILES string of the molecule is COc1c(Br)cc(C)c(F)c1CC(C)=O. The molecule has 0 spiro atoms. The van der Waals surface area contributed by atoms with Gasteiger partial charge >= 0.3 is 0 Å². The monoisotopic (exact) mass is 274 g/mol. The lowest BCUT2D eigenvalue weighted by Gasteiger charge is -2.12. The van der Waals surface area contributed by atoms with E-state index < -0.39 is 0 Å². The topological polar surface area (TPSA) is 26.3 Å². The third-order valence-corrected chi connectivity index (χ3v) is 2.66. The molecule has 82 valence electrons. The molecule has 2 nitrogen and oxygen atoms in total. The summed E-state index contributed by atoms with van der Waals surface area (Å²) in [6.45, 7) is 3.08. The molecule has 0 aliphatic carbocycles. The number of carbonyl (C=O) groups excluding carboxylic acids is 1. The zero-order valence-corrected chi connectivity index (χ0v) is 10.4. The molecule has 0 radical (unpaired) electrons. The first-order valence-electron chi connectivity index (χ1n) is 4.48. The summed E-state index contributed by atoms with van der Waals surface area (Å²) in [4.78, 5) is 11.0. The van der Waals surface area contributed by atoms with Crippen molar-refractivity contribution in [3.05, 3.63) is 27.5 Å². The number of rotatable bonds is 3. The van der Waals surface area contributed by atoms with Gasteiger partial charge in [0.15, 0.2) is 0 Å². The molecule has 0 atom stereocenters. The molecule has 1 aromatic carbocycles. The first-order valence-corrected chi connectivity index (χ1v) is 5.27. The van der Waals surface area contributed by atoms with Crippen molar-refractivity contribution in [1.82, 2.24) is 0 Å². The standard InChI is InChI=1S/C11H12BrFO2/c1-6-4-9(12)11(15-3)8(10(6)13)5-7(2)14/h4H,5H2,1-3H3. The van der Waals surface area contributed by atoms with Gasteiger partial charge in [0, 0.05) is 12.0 Å². The summed E-state index contributed by atoms with van der Waals surface area (Å²) < 4.78 is 19.5. The molecule has 1 aromatic rings. The molecule has 0 aliphatic heterocycles. The summed E-state index contributed by atoms with van der Waals surface area (Å²) in [5.74, 6) is -0.0664. The largest absolute Gasteiger partial charge is 0.495 e. The maximum Gasteiger partial charge on any atom is 0.139 e. The van der Waals surface area contributed by atoms with Gasteiger partial charge in [-0.15, -0.1) is 0 Å². The molecular formula is C11H12BrFO2. The van der Waals surface area contributed by atoms with Crippen LogP contribution in [-0.2, 0) is 11.2 Å². The lowest BCUT2D eigenvalue weighted by molar-refractivity contribution is -0.116. The van der Waals surface area contributed by atoms with Crippen LogP contribution >= 0.6 is 15.9 Å². The Hall–Kier alpha value is -0.900. The van der Waals surface area contributed by atoms with E-state index in [0.29, 0.717) is 21.3 Å². The Balaban J connectivity index is 3.36. The van der Waals surface area contributed by atoms with E-state index in [1.165, 1.54) is 14.0 Å². The van der Waals surface area contributed by atoms with Crippen LogP contribution in [0, 0.1) is 12.7 Å². The van der Waals surface area contributed by atoms with Gasteiger partial charge in [0.1, 0.15) is 17.3 Å². The van der Waals surface area contributed by atoms with Crippen molar-refractivity contribution in [3.63, 3.8) is 0 Å². The molecule has 0 aromatic heterocycles. The van der Waals surface area contributed by atoms with Crippen LogP contribution in [0.3, 0.4) is 0 Å². The van der Waals surface area contributed by atoms with Crippen LogP contribution in [0.15, 0.2) is 10.5 Å². The summed E-state index contributed by atoms with van der Waals surface area (Å²) >= 11 is 3.28. The second-order valence-electron chi connectivity index (χ2n) is 3.38. The number of carbonyl (C=O) groups is 1. The molecule has 0 amide bonds. The number of hydrogen-bond donors (Lipinski definition) is 0. The molecule has 0 heterocycles. The second kappa shape index (κ2) is 4.75. The van der Waals surface area contributed by atoms with Crippen LogP contribution in [0.2, 0.25) is 0 Å². The number of methoxy groups -OCH3 is 1. The average Bonchev–Trinajstić information content (AvgIpc) is 2.13. The smallest absolute Gasteiger partial charge is 0.139 e. The van der Waals surface area contributed by atoms with E-state index in [9.17, 15) is 9.18 Å². The number of hydrogen-bond acceptors (Lipinski definition) is 2. The van der Waals surface area contributed by atoms with Gasteiger partial charge < -0.3 is 4.74 Å². The number of ether oxygens (including phenoxy) is 1. The number of aryl methyl sites for hydroxylation is 1. The van der Waals surface area contributed by atoms with E-state index in [1.54, 1.807) is 13.0 Å². The van der Waals surface area contributed by atoms with Gasteiger partial charge in [-0.25, -0.2) is 4.39 Å². The molecule has 0 aliphatic rings. The molecule has 0 saturated heterocycles. The Morgan fingerprint density at radius 1 is 1.60 bits per heavy atom. The van der Waals surface area contributed by atoms with Crippen molar-refractivity contribution >= 4 is 21.7 Å². The summed E-state index contributed by atoms with van der Waals surface area (Å²) in [6, 6.07) is 1.64. The third kappa shape index (κ3) is 2.56. The van der Waals surface area contributed by atoms with Crippen LogP contribution < -0.4 is 4.74 Å². The van der Waals surface area contributed by atoms with E-state index in [2.05, 4.69) is 15.9 Å². The van der Waals surface area contributed by atoms with Crippen LogP contribution in [0.5, 0.6) is 5.75 Å². The first kappa shape index (κ1) is 12.2. The highest BCUT2D eigenvalue weighted by Gasteiger charge is 2.17. The summed E-state index contributed by atoms with van der Waals surface area (Å²) in [7, 11) is 1.46. The van der Waals surface area contributed by atoms with Crippen molar-refractivity contribution in [2.24, 2.45) is 0 Å². The maximum absolute atomic E-state index is 13.7. The molecule has 0 saturated carbocycles. The number of benzene rings is 1. The fourth-order valence-electron chi connectivity index (χ4n) is 1.43. The van der Waals surface area contributed by atoms with Crippen molar-refractivity contribution in [2.45, 2.75) is 20.3 Å². The van der Waals surface area contributed by atoms with Gasteiger partial charge in [-0.05, 0) is 41.4 Å². The van der Waals surface area contributed by atoms with Crippen molar-refractivity contribution in [1.29, 1.82) is 0 Å². The highest BCUT2D eigenvalue weighted by molar-refractivity contribution is 9.10. The van der Waals surface area contributed by atoms with Crippen LogP contribution in [-0.4, -0.2) is 12.9 Å². The Labute approximate surface area is 96.6 Å². The van der Waals surface area contributed by atoms with E-state index in [0.717, 1.165) is 0 Å². The van der Waals surface area contributed by atoms with E-state index in [-0.39, 0.29) is 18.0 Å². The van der Waals surface area contributed by atoms with E-state index in [1.807, 2.05) is 0 Å². The minimum absolute atomic E-state index is 0.0509. The van der Waals surface area contributed by atoms with Crippen molar-refractivity contribution in [2.75, 3.05) is 7.11 Å². The third-order valence-electron chi connectivity index (χ3n) is 2.08. The highest BCUT2D eigenvalue weighted by atomic mass is 79.9. The quantitative estimate of drug-likeness (QED) is 0.847. The molecular weight excluding hydrogens is 263 g/mol. The Morgan fingerprint density at radius 2 is 2.20 bits per heavy atom.